The van der Waals surface area contributed by atoms with Gasteiger partial charge in [-0.25, -0.2) is 8.78 Å². The fourth-order valence-corrected chi connectivity index (χ4v) is 2.70. The van der Waals surface area contributed by atoms with Crippen LogP contribution in [0.25, 0.3) is 0 Å². The van der Waals surface area contributed by atoms with Gasteiger partial charge in [-0.2, -0.15) is 4.98 Å². The van der Waals surface area contributed by atoms with Crippen molar-refractivity contribution < 1.29 is 18.1 Å². The van der Waals surface area contributed by atoms with Gasteiger partial charge in [0.15, 0.2) is 17.5 Å². The van der Waals surface area contributed by atoms with Crippen LogP contribution in [0.5, 0.6) is 0 Å². The van der Waals surface area contributed by atoms with Gasteiger partial charge in [-0.1, -0.05) is 5.16 Å². The van der Waals surface area contributed by atoms with Crippen molar-refractivity contribution in [2.45, 2.75) is 31.1 Å². The van der Waals surface area contributed by atoms with E-state index in [1.807, 2.05) is 0 Å². The molecule has 1 aromatic heterocycles. The van der Waals surface area contributed by atoms with Gasteiger partial charge in [0.25, 0.3) is 0 Å². The van der Waals surface area contributed by atoms with E-state index in [-0.39, 0.29) is 18.2 Å². The molecular formula is C15H13F2N3O2. The Kier molecular flexibility index (Phi) is 2.95. The molecule has 5 nitrogen and oxygen atoms in total. The van der Waals surface area contributed by atoms with Gasteiger partial charge in [0.1, 0.15) is 0 Å². The number of halogens is 2. The summed E-state index contributed by atoms with van der Waals surface area (Å²) in [6.45, 7) is 0.330. The lowest BCUT2D eigenvalue weighted by Gasteiger charge is -2.16. The average molecular weight is 305 g/mol. The fourth-order valence-electron chi connectivity index (χ4n) is 2.70. The molecule has 4 rings (SSSR count). The number of anilines is 1. The van der Waals surface area contributed by atoms with Gasteiger partial charge in [-0.3, -0.25) is 4.79 Å². The second kappa shape index (κ2) is 4.86. The second-order valence-corrected chi connectivity index (χ2v) is 5.77. The van der Waals surface area contributed by atoms with Crippen molar-refractivity contribution in [3.63, 3.8) is 0 Å². The van der Waals surface area contributed by atoms with Crippen molar-refractivity contribution in [2.24, 2.45) is 0 Å². The van der Waals surface area contributed by atoms with Crippen molar-refractivity contribution in [1.82, 2.24) is 10.1 Å². The number of rotatable bonds is 3. The number of hydrogen-bond acceptors (Lipinski definition) is 4. The number of amides is 1. The van der Waals surface area contributed by atoms with Gasteiger partial charge in [-0.05, 0) is 25.0 Å². The molecule has 0 N–H and O–H groups in total. The number of carbonyl (C=O) groups excluding carboxylic acids is 1. The van der Waals surface area contributed by atoms with Crippen LogP contribution in [-0.2, 0) is 4.79 Å². The summed E-state index contributed by atoms with van der Waals surface area (Å²) in [6, 6.07) is 3.43. The number of hydrogen-bond donors (Lipinski definition) is 0. The monoisotopic (exact) mass is 305 g/mol. The minimum Gasteiger partial charge on any atom is -0.339 e. The second-order valence-electron chi connectivity index (χ2n) is 5.77. The third kappa shape index (κ3) is 2.26. The first kappa shape index (κ1) is 13.4. The summed E-state index contributed by atoms with van der Waals surface area (Å²) in [5.41, 5.74) is 0.341. The zero-order valence-corrected chi connectivity index (χ0v) is 11.6. The minimum atomic E-state index is -0.970. The molecule has 1 aliphatic carbocycles. The van der Waals surface area contributed by atoms with E-state index in [0.717, 1.165) is 25.0 Å². The molecule has 0 bridgehead atoms. The molecule has 0 unspecified atom stereocenters. The molecule has 2 aliphatic rings. The van der Waals surface area contributed by atoms with Crippen molar-refractivity contribution in [3.8, 4) is 0 Å². The smallest absolute Gasteiger partial charge is 0.232 e. The summed E-state index contributed by atoms with van der Waals surface area (Å²) in [4.78, 5) is 17.9. The van der Waals surface area contributed by atoms with E-state index in [1.54, 1.807) is 0 Å². The Bertz CT molecular complexity index is 742. The van der Waals surface area contributed by atoms with E-state index < -0.39 is 11.6 Å². The van der Waals surface area contributed by atoms with Crippen molar-refractivity contribution in [3.05, 3.63) is 41.5 Å². The van der Waals surface area contributed by atoms with Gasteiger partial charge >= 0.3 is 0 Å². The maximum atomic E-state index is 13.3. The van der Waals surface area contributed by atoms with Crippen LogP contribution >= 0.6 is 0 Å². The van der Waals surface area contributed by atoms with Crippen molar-refractivity contribution >= 4 is 11.6 Å². The highest BCUT2D eigenvalue weighted by molar-refractivity contribution is 5.96. The largest absolute Gasteiger partial charge is 0.339 e. The topological polar surface area (TPSA) is 59.2 Å². The van der Waals surface area contributed by atoms with E-state index in [2.05, 4.69) is 10.1 Å². The molecule has 1 saturated carbocycles. The standard InChI is InChI=1S/C15H13F2N3O2/c16-11-4-3-10(6-12(11)17)20-7-9(5-13(20)21)15-18-14(19-22-15)8-1-2-8/h3-4,6,8-9H,1-2,5,7H2/t9-/m0/s1. The molecule has 2 fully saturated rings. The van der Waals surface area contributed by atoms with E-state index in [4.69, 9.17) is 4.52 Å². The molecule has 1 aliphatic heterocycles. The molecule has 22 heavy (non-hydrogen) atoms. The van der Waals surface area contributed by atoms with Crippen LogP contribution in [0.4, 0.5) is 14.5 Å². The quantitative estimate of drug-likeness (QED) is 0.875. The lowest BCUT2D eigenvalue weighted by molar-refractivity contribution is -0.117. The predicted molar refractivity (Wildman–Crippen MR) is 72.3 cm³/mol. The van der Waals surface area contributed by atoms with Gasteiger partial charge in [0.2, 0.25) is 11.8 Å². The maximum absolute atomic E-state index is 13.3. The third-order valence-corrected chi connectivity index (χ3v) is 4.09. The first-order valence-electron chi connectivity index (χ1n) is 7.20. The highest BCUT2D eigenvalue weighted by Crippen LogP contribution is 2.39. The summed E-state index contributed by atoms with van der Waals surface area (Å²) >= 11 is 0. The van der Waals surface area contributed by atoms with Gasteiger partial charge in [0, 0.05) is 30.6 Å². The normalized spacial score (nSPS) is 21.6. The van der Waals surface area contributed by atoms with Gasteiger partial charge < -0.3 is 9.42 Å². The zero-order valence-electron chi connectivity index (χ0n) is 11.6. The van der Waals surface area contributed by atoms with Gasteiger partial charge in [0.05, 0.1) is 5.92 Å². The highest BCUT2D eigenvalue weighted by atomic mass is 19.2. The Balaban J connectivity index is 1.55. The molecular weight excluding hydrogens is 292 g/mol. The maximum Gasteiger partial charge on any atom is 0.232 e. The Labute approximate surface area is 124 Å². The lowest BCUT2D eigenvalue weighted by Crippen LogP contribution is -2.24. The molecule has 1 amide bonds. The van der Waals surface area contributed by atoms with Crippen LogP contribution in [-0.4, -0.2) is 22.6 Å². The van der Waals surface area contributed by atoms with Crippen LogP contribution in [0, 0.1) is 11.6 Å². The Morgan fingerprint density at radius 2 is 2.00 bits per heavy atom. The van der Waals surface area contributed by atoms with E-state index in [1.165, 1.54) is 11.0 Å². The third-order valence-electron chi connectivity index (χ3n) is 4.09. The SMILES string of the molecule is O=C1C[C@H](c2nc(C3CC3)no2)CN1c1ccc(F)c(F)c1. The molecule has 114 valence electrons. The Morgan fingerprint density at radius 3 is 2.73 bits per heavy atom. The predicted octanol–water partition coefficient (Wildman–Crippen LogP) is 2.75. The van der Waals surface area contributed by atoms with E-state index >= 15 is 0 Å². The first-order chi connectivity index (χ1) is 10.6. The van der Waals surface area contributed by atoms with Crippen molar-refractivity contribution in [2.75, 3.05) is 11.4 Å². The first-order valence-corrected chi connectivity index (χ1v) is 7.20. The molecule has 7 heteroatoms. The molecule has 2 aromatic rings. The summed E-state index contributed by atoms with van der Waals surface area (Å²) in [7, 11) is 0. The fraction of sp³-hybridized carbons (Fsp3) is 0.400. The van der Waals surface area contributed by atoms with Crippen LogP contribution in [0.15, 0.2) is 22.7 Å². The number of benzene rings is 1. The summed E-state index contributed by atoms with van der Waals surface area (Å²) in [6.07, 6.45) is 2.37. The minimum absolute atomic E-state index is 0.165. The molecule has 1 saturated heterocycles. The number of nitrogens with zero attached hydrogens (tertiary/aromatic N) is 3. The summed E-state index contributed by atoms with van der Waals surface area (Å²) in [5.74, 6) is -0.741. The molecule has 1 aromatic carbocycles. The van der Waals surface area contributed by atoms with Crippen molar-refractivity contribution in [1.29, 1.82) is 0 Å². The number of carbonyl (C=O) groups is 1. The zero-order chi connectivity index (χ0) is 15.3. The van der Waals surface area contributed by atoms with E-state index in [9.17, 15) is 13.6 Å². The molecule has 0 spiro atoms. The molecule has 0 radical (unpaired) electrons. The Morgan fingerprint density at radius 1 is 1.18 bits per heavy atom. The lowest BCUT2D eigenvalue weighted by atomic mass is 10.1. The van der Waals surface area contributed by atoms with Crippen LogP contribution < -0.4 is 4.90 Å². The average Bonchev–Trinajstić information content (AvgIpc) is 3.10. The van der Waals surface area contributed by atoms with Crippen LogP contribution in [0.1, 0.15) is 42.8 Å². The summed E-state index contributed by atoms with van der Waals surface area (Å²) in [5, 5.41) is 3.95. The van der Waals surface area contributed by atoms with Crippen LogP contribution in [0.2, 0.25) is 0 Å². The van der Waals surface area contributed by atoms with Crippen LogP contribution in [0.3, 0.4) is 0 Å². The van der Waals surface area contributed by atoms with E-state index in [0.29, 0.717) is 29.9 Å². The number of aromatic nitrogens is 2. The highest BCUT2D eigenvalue weighted by Gasteiger charge is 2.37. The Hall–Kier alpha value is -2.31. The van der Waals surface area contributed by atoms with Gasteiger partial charge in [-0.15, -0.1) is 0 Å². The molecule has 1 atom stereocenters. The molecule has 2 heterocycles. The summed E-state index contributed by atoms with van der Waals surface area (Å²) < 4.78 is 31.6.